The lowest BCUT2D eigenvalue weighted by molar-refractivity contribution is 0.0919. The van der Waals surface area contributed by atoms with E-state index >= 15 is 0 Å². The molecule has 6 heteroatoms. The van der Waals surface area contributed by atoms with Crippen LogP contribution in [0, 0.1) is 5.92 Å². The van der Waals surface area contributed by atoms with E-state index in [1.807, 2.05) is 12.1 Å². The zero-order valence-corrected chi connectivity index (χ0v) is 12.9. The number of carbonyl (C=O) groups is 1. The van der Waals surface area contributed by atoms with Gasteiger partial charge in [-0.2, -0.15) is 5.10 Å². The Kier molecular flexibility index (Phi) is 3.83. The van der Waals surface area contributed by atoms with Crippen LogP contribution in [0.2, 0.25) is 0 Å². The van der Waals surface area contributed by atoms with Gasteiger partial charge in [0.2, 0.25) is 0 Å². The number of ether oxygens (including phenoxy) is 1. The van der Waals surface area contributed by atoms with Crippen molar-refractivity contribution < 1.29 is 9.53 Å². The highest BCUT2D eigenvalue weighted by molar-refractivity contribution is 5.94. The van der Waals surface area contributed by atoms with E-state index in [1.54, 1.807) is 12.4 Å². The van der Waals surface area contributed by atoms with E-state index in [9.17, 15) is 4.79 Å². The third kappa shape index (κ3) is 2.86. The van der Waals surface area contributed by atoms with Gasteiger partial charge in [-0.25, -0.2) is 0 Å². The van der Waals surface area contributed by atoms with E-state index in [1.165, 1.54) is 5.56 Å². The molecule has 1 saturated heterocycles. The van der Waals surface area contributed by atoms with Gasteiger partial charge in [-0.1, -0.05) is 0 Å². The van der Waals surface area contributed by atoms with Crippen molar-refractivity contribution in [1.29, 1.82) is 0 Å². The number of H-pyrrole nitrogens is 1. The van der Waals surface area contributed by atoms with Gasteiger partial charge in [-0.15, -0.1) is 0 Å². The molecule has 0 unspecified atom stereocenters. The molecule has 2 atom stereocenters. The topological polar surface area (TPSA) is 79.9 Å². The fraction of sp³-hybridized carbons (Fsp3) is 0.471. The average Bonchev–Trinajstić information content (AvgIpc) is 3.25. The predicted molar refractivity (Wildman–Crippen MR) is 84.1 cm³/mol. The number of aryl methyl sites for hydroxylation is 1. The number of amides is 1. The Morgan fingerprint density at radius 3 is 3.04 bits per heavy atom. The molecule has 0 radical (unpaired) electrons. The highest BCUT2D eigenvalue weighted by atomic mass is 16.5. The molecule has 1 aliphatic heterocycles. The summed E-state index contributed by atoms with van der Waals surface area (Å²) in [5, 5.41) is 10.3. The molecule has 1 fully saturated rings. The normalized spacial score (nSPS) is 23.0. The first-order valence-electron chi connectivity index (χ1n) is 8.15. The SMILES string of the molecule is O=C(N[C@@H]1COC[C@H]1Cc1ccncc1)c1n[nH]c2c1CCC2. The second-order valence-corrected chi connectivity index (χ2v) is 6.32. The Hall–Kier alpha value is -2.21. The van der Waals surface area contributed by atoms with E-state index in [0.29, 0.717) is 18.9 Å². The van der Waals surface area contributed by atoms with Crippen molar-refractivity contribution in [3.05, 3.63) is 47.0 Å². The van der Waals surface area contributed by atoms with Crippen LogP contribution in [0.15, 0.2) is 24.5 Å². The van der Waals surface area contributed by atoms with Crippen molar-refractivity contribution in [2.75, 3.05) is 13.2 Å². The Labute approximate surface area is 134 Å². The van der Waals surface area contributed by atoms with Gasteiger partial charge in [0.1, 0.15) is 0 Å². The minimum Gasteiger partial charge on any atom is -0.379 e. The van der Waals surface area contributed by atoms with Gasteiger partial charge in [0.05, 0.1) is 19.3 Å². The minimum atomic E-state index is -0.0837. The summed E-state index contributed by atoms with van der Waals surface area (Å²) in [5.74, 6) is 0.202. The van der Waals surface area contributed by atoms with Gasteiger partial charge < -0.3 is 10.1 Å². The number of pyridine rings is 1. The molecule has 120 valence electrons. The first-order valence-corrected chi connectivity index (χ1v) is 8.15. The smallest absolute Gasteiger partial charge is 0.272 e. The molecule has 1 aliphatic carbocycles. The molecule has 0 bridgehead atoms. The number of aromatic nitrogens is 3. The lowest BCUT2D eigenvalue weighted by Gasteiger charge is -2.18. The third-order valence-corrected chi connectivity index (χ3v) is 4.78. The fourth-order valence-electron chi connectivity index (χ4n) is 3.52. The Morgan fingerprint density at radius 2 is 2.17 bits per heavy atom. The monoisotopic (exact) mass is 312 g/mol. The Bertz CT molecular complexity index is 698. The van der Waals surface area contributed by atoms with Gasteiger partial charge in [0.25, 0.3) is 5.91 Å². The Balaban J connectivity index is 1.44. The molecule has 0 aromatic carbocycles. The minimum absolute atomic E-state index is 0.0319. The largest absolute Gasteiger partial charge is 0.379 e. The van der Waals surface area contributed by atoms with Crippen LogP contribution in [-0.4, -0.2) is 40.3 Å². The number of nitrogens with zero attached hydrogens (tertiary/aromatic N) is 2. The molecule has 23 heavy (non-hydrogen) atoms. The number of carbonyl (C=O) groups excluding carboxylic acids is 1. The molecule has 3 heterocycles. The van der Waals surface area contributed by atoms with Gasteiger partial charge in [0.15, 0.2) is 5.69 Å². The molecule has 2 aliphatic rings. The maximum atomic E-state index is 12.6. The number of hydrogen-bond donors (Lipinski definition) is 2. The lowest BCUT2D eigenvalue weighted by atomic mass is 9.95. The first kappa shape index (κ1) is 14.4. The standard InChI is InChI=1S/C17H20N4O2/c22-17(16-13-2-1-3-14(13)20-21-16)19-15-10-23-9-12(15)8-11-4-6-18-7-5-11/h4-7,12,15H,1-3,8-10H2,(H,19,22)(H,20,21)/t12-,15-/m1/s1. The quantitative estimate of drug-likeness (QED) is 0.891. The van der Waals surface area contributed by atoms with Crippen LogP contribution in [0.5, 0.6) is 0 Å². The van der Waals surface area contributed by atoms with Crippen molar-refractivity contribution in [3.8, 4) is 0 Å². The van der Waals surface area contributed by atoms with Gasteiger partial charge in [-0.3, -0.25) is 14.9 Å². The summed E-state index contributed by atoms with van der Waals surface area (Å²) in [5.41, 5.74) is 3.99. The van der Waals surface area contributed by atoms with Crippen molar-refractivity contribution in [1.82, 2.24) is 20.5 Å². The van der Waals surface area contributed by atoms with E-state index in [4.69, 9.17) is 4.74 Å². The number of nitrogens with one attached hydrogen (secondary N) is 2. The second kappa shape index (κ2) is 6.12. The van der Waals surface area contributed by atoms with Crippen LogP contribution in [0.4, 0.5) is 0 Å². The molecular formula is C17H20N4O2. The van der Waals surface area contributed by atoms with Crippen LogP contribution in [0.3, 0.4) is 0 Å². The van der Waals surface area contributed by atoms with Crippen LogP contribution in [0.25, 0.3) is 0 Å². The number of rotatable bonds is 4. The molecular weight excluding hydrogens is 292 g/mol. The Morgan fingerprint density at radius 1 is 1.30 bits per heavy atom. The summed E-state index contributed by atoms with van der Waals surface area (Å²) in [6.45, 7) is 1.24. The maximum absolute atomic E-state index is 12.6. The molecule has 2 aromatic heterocycles. The second-order valence-electron chi connectivity index (χ2n) is 6.32. The summed E-state index contributed by atoms with van der Waals surface area (Å²) in [6.07, 6.45) is 7.51. The number of fused-ring (bicyclic) bond motifs is 1. The zero-order chi connectivity index (χ0) is 15.6. The van der Waals surface area contributed by atoms with Crippen LogP contribution >= 0.6 is 0 Å². The van der Waals surface area contributed by atoms with Gasteiger partial charge >= 0.3 is 0 Å². The fourth-order valence-corrected chi connectivity index (χ4v) is 3.52. The molecule has 2 aromatic rings. The number of aromatic amines is 1. The van der Waals surface area contributed by atoms with Crippen LogP contribution < -0.4 is 5.32 Å². The van der Waals surface area contributed by atoms with Crippen molar-refractivity contribution in [2.45, 2.75) is 31.7 Å². The lowest BCUT2D eigenvalue weighted by Crippen LogP contribution is -2.41. The van der Waals surface area contributed by atoms with Crippen LogP contribution in [-0.2, 0) is 24.0 Å². The summed E-state index contributed by atoms with van der Waals surface area (Å²) in [6, 6.07) is 4.06. The molecule has 4 rings (SSSR count). The first-order chi connectivity index (χ1) is 11.3. The van der Waals surface area contributed by atoms with Gasteiger partial charge in [0, 0.05) is 29.6 Å². The molecule has 6 nitrogen and oxygen atoms in total. The highest BCUT2D eigenvalue weighted by Gasteiger charge is 2.32. The molecule has 2 N–H and O–H groups in total. The molecule has 0 spiro atoms. The zero-order valence-electron chi connectivity index (χ0n) is 12.9. The number of hydrogen-bond acceptors (Lipinski definition) is 4. The third-order valence-electron chi connectivity index (χ3n) is 4.78. The molecule has 0 saturated carbocycles. The van der Waals surface area contributed by atoms with E-state index < -0.39 is 0 Å². The summed E-state index contributed by atoms with van der Waals surface area (Å²) >= 11 is 0. The molecule has 1 amide bonds. The average molecular weight is 312 g/mol. The summed E-state index contributed by atoms with van der Waals surface area (Å²) in [7, 11) is 0. The van der Waals surface area contributed by atoms with Crippen molar-refractivity contribution in [3.63, 3.8) is 0 Å². The van der Waals surface area contributed by atoms with Crippen molar-refractivity contribution >= 4 is 5.91 Å². The van der Waals surface area contributed by atoms with Crippen LogP contribution in [0.1, 0.15) is 33.7 Å². The van der Waals surface area contributed by atoms with Gasteiger partial charge in [-0.05, 0) is 43.4 Å². The van der Waals surface area contributed by atoms with E-state index in [-0.39, 0.29) is 17.9 Å². The van der Waals surface area contributed by atoms with E-state index in [2.05, 4.69) is 20.5 Å². The summed E-state index contributed by atoms with van der Waals surface area (Å²) in [4.78, 5) is 16.6. The summed E-state index contributed by atoms with van der Waals surface area (Å²) < 4.78 is 5.59. The van der Waals surface area contributed by atoms with E-state index in [0.717, 1.165) is 36.9 Å². The maximum Gasteiger partial charge on any atom is 0.272 e. The highest BCUT2D eigenvalue weighted by Crippen LogP contribution is 2.24. The predicted octanol–water partition coefficient (Wildman–Crippen LogP) is 1.28. The van der Waals surface area contributed by atoms with Crippen molar-refractivity contribution in [2.24, 2.45) is 5.92 Å².